The van der Waals surface area contributed by atoms with E-state index in [1.807, 2.05) is 0 Å². The summed E-state index contributed by atoms with van der Waals surface area (Å²) < 4.78 is 1.42. The van der Waals surface area contributed by atoms with Gasteiger partial charge in [-0.05, 0) is 18.2 Å². The van der Waals surface area contributed by atoms with Gasteiger partial charge >= 0.3 is 0 Å². The Morgan fingerprint density at radius 1 is 1.33 bits per heavy atom. The Balaban J connectivity index is 2.39. The summed E-state index contributed by atoms with van der Waals surface area (Å²) in [4.78, 5) is 22.1. The number of halogens is 1. The SMILES string of the molecule is NC(=O)C=CC(=O)n1c2ccc1c(Cl)c2. The fourth-order valence-corrected chi connectivity index (χ4v) is 1.69. The highest BCUT2D eigenvalue weighted by Crippen LogP contribution is 2.26. The second kappa shape index (κ2) is 3.40. The Labute approximate surface area is 90.2 Å². The molecular formula is C10H7ClN2O2. The summed E-state index contributed by atoms with van der Waals surface area (Å²) in [7, 11) is 0. The summed E-state index contributed by atoms with van der Waals surface area (Å²) >= 11 is 5.85. The number of nitrogens with two attached hydrogens (primary N) is 1. The number of rotatable bonds is 2. The van der Waals surface area contributed by atoms with Crippen LogP contribution < -0.4 is 5.73 Å². The van der Waals surface area contributed by atoms with Gasteiger partial charge in [-0.1, -0.05) is 11.6 Å². The monoisotopic (exact) mass is 222 g/mol. The average Bonchev–Trinajstić information content (AvgIpc) is 2.70. The molecule has 2 aromatic rings. The van der Waals surface area contributed by atoms with Crippen molar-refractivity contribution < 1.29 is 9.59 Å². The first-order valence-electron chi connectivity index (χ1n) is 4.21. The Morgan fingerprint density at radius 3 is 2.53 bits per heavy atom. The Morgan fingerprint density at radius 2 is 2.07 bits per heavy atom. The first kappa shape index (κ1) is 9.73. The molecule has 2 rings (SSSR count). The van der Waals surface area contributed by atoms with Gasteiger partial charge in [-0.15, -0.1) is 0 Å². The number of carbonyl (C=O) groups excluding carboxylic acids is 2. The van der Waals surface area contributed by atoms with Crippen LogP contribution in [0, 0.1) is 0 Å². The van der Waals surface area contributed by atoms with Gasteiger partial charge in [0.05, 0.1) is 16.1 Å². The van der Waals surface area contributed by atoms with Gasteiger partial charge in [0, 0.05) is 12.2 Å². The zero-order chi connectivity index (χ0) is 11.0. The van der Waals surface area contributed by atoms with Crippen molar-refractivity contribution in [3.05, 3.63) is 35.4 Å². The second-order valence-corrected chi connectivity index (χ2v) is 3.45. The number of benzene rings is 1. The molecule has 2 bridgehead atoms. The van der Waals surface area contributed by atoms with Crippen LogP contribution in [0.15, 0.2) is 30.4 Å². The maximum Gasteiger partial charge on any atom is 0.255 e. The molecule has 0 unspecified atom stereocenters. The van der Waals surface area contributed by atoms with Gasteiger partial charge in [-0.3, -0.25) is 14.2 Å². The number of allylic oxidation sites excluding steroid dienone is 1. The van der Waals surface area contributed by atoms with Crippen LogP contribution in [-0.2, 0) is 4.79 Å². The van der Waals surface area contributed by atoms with Crippen LogP contribution >= 0.6 is 11.6 Å². The smallest absolute Gasteiger partial charge is 0.255 e. The second-order valence-electron chi connectivity index (χ2n) is 3.05. The summed E-state index contributed by atoms with van der Waals surface area (Å²) in [6, 6.07) is 5.21. The van der Waals surface area contributed by atoms with Gasteiger partial charge in [0.25, 0.3) is 5.91 Å². The Kier molecular flexibility index (Phi) is 2.21. The van der Waals surface area contributed by atoms with E-state index in [2.05, 4.69) is 0 Å². The van der Waals surface area contributed by atoms with Crippen molar-refractivity contribution >= 4 is 34.4 Å². The summed E-state index contributed by atoms with van der Waals surface area (Å²) in [6.07, 6.45) is 2.15. The molecule has 2 aromatic heterocycles. The predicted molar refractivity (Wildman–Crippen MR) is 57.1 cm³/mol. The maximum absolute atomic E-state index is 11.6. The largest absolute Gasteiger partial charge is 0.366 e. The predicted octanol–water partition coefficient (Wildman–Crippen LogP) is 1.41. The molecule has 0 spiro atoms. The lowest BCUT2D eigenvalue weighted by Crippen LogP contribution is -2.09. The van der Waals surface area contributed by atoms with Crippen LogP contribution in [0.3, 0.4) is 0 Å². The number of amides is 1. The number of carbonyl (C=O) groups is 2. The first-order chi connectivity index (χ1) is 7.09. The highest BCUT2D eigenvalue weighted by Gasteiger charge is 2.13. The van der Waals surface area contributed by atoms with Crippen molar-refractivity contribution in [2.75, 3.05) is 0 Å². The van der Waals surface area contributed by atoms with Crippen molar-refractivity contribution in [2.24, 2.45) is 5.73 Å². The minimum Gasteiger partial charge on any atom is -0.366 e. The molecule has 15 heavy (non-hydrogen) atoms. The first-order valence-corrected chi connectivity index (χ1v) is 4.58. The van der Waals surface area contributed by atoms with Gasteiger partial charge in [-0.25, -0.2) is 0 Å². The molecule has 0 fully saturated rings. The van der Waals surface area contributed by atoms with Crippen LogP contribution in [-0.4, -0.2) is 16.4 Å². The van der Waals surface area contributed by atoms with E-state index >= 15 is 0 Å². The molecule has 4 nitrogen and oxygen atoms in total. The van der Waals surface area contributed by atoms with Gasteiger partial charge < -0.3 is 5.73 Å². The van der Waals surface area contributed by atoms with E-state index in [0.29, 0.717) is 16.1 Å². The van der Waals surface area contributed by atoms with Crippen molar-refractivity contribution in [3.8, 4) is 0 Å². The lowest BCUT2D eigenvalue weighted by atomic mass is 10.4. The van der Waals surface area contributed by atoms with Crippen LogP contribution in [0.2, 0.25) is 5.02 Å². The van der Waals surface area contributed by atoms with Crippen molar-refractivity contribution in [3.63, 3.8) is 0 Å². The Hall–Kier alpha value is -1.81. The standard InChI is InChI=1S/C10H7ClN2O2/c11-7-5-6-1-2-8(7)13(6)10(15)4-3-9(12)14/h1-5H,(H2,12,14). The molecule has 1 amide bonds. The molecule has 76 valence electrons. The highest BCUT2D eigenvalue weighted by atomic mass is 35.5. The third kappa shape index (κ3) is 1.59. The number of nitrogens with zero attached hydrogens (tertiary/aromatic N) is 1. The summed E-state index contributed by atoms with van der Waals surface area (Å²) in [6.45, 7) is 0. The van der Waals surface area contributed by atoms with Gasteiger partial charge in [-0.2, -0.15) is 0 Å². The van der Waals surface area contributed by atoms with E-state index in [9.17, 15) is 9.59 Å². The minimum absolute atomic E-state index is 0.337. The average molecular weight is 223 g/mol. The molecule has 0 radical (unpaired) electrons. The van der Waals surface area contributed by atoms with Crippen LogP contribution in [0.1, 0.15) is 4.79 Å². The molecule has 0 aromatic carbocycles. The minimum atomic E-state index is -0.656. The highest BCUT2D eigenvalue weighted by molar-refractivity contribution is 6.35. The molecule has 0 aliphatic heterocycles. The molecule has 0 saturated heterocycles. The van der Waals surface area contributed by atoms with E-state index in [4.69, 9.17) is 17.3 Å². The Bertz CT molecular complexity index is 556. The third-order valence-electron chi connectivity index (χ3n) is 2.04. The fourth-order valence-electron chi connectivity index (χ4n) is 1.43. The van der Waals surface area contributed by atoms with Gasteiger partial charge in [0.15, 0.2) is 0 Å². The number of hydrogen-bond donors (Lipinski definition) is 1. The quantitative estimate of drug-likeness (QED) is 0.781. The topological polar surface area (TPSA) is 65.1 Å². The molecule has 2 N–H and O–H groups in total. The number of fused-ring (bicyclic) bond motifs is 2. The van der Waals surface area contributed by atoms with E-state index in [-0.39, 0.29) is 5.91 Å². The van der Waals surface area contributed by atoms with Crippen LogP contribution in [0.25, 0.3) is 11.0 Å². The molecule has 0 aliphatic carbocycles. The number of aromatic nitrogens is 1. The van der Waals surface area contributed by atoms with E-state index in [1.54, 1.807) is 18.2 Å². The molecule has 5 heteroatoms. The molecule has 0 saturated carbocycles. The van der Waals surface area contributed by atoms with E-state index in [1.165, 1.54) is 4.57 Å². The summed E-state index contributed by atoms with van der Waals surface area (Å²) in [5.41, 5.74) is 6.22. The zero-order valence-corrected chi connectivity index (χ0v) is 8.36. The van der Waals surface area contributed by atoms with Gasteiger partial charge in [0.2, 0.25) is 5.91 Å². The molecule has 0 aliphatic rings. The van der Waals surface area contributed by atoms with Crippen molar-refractivity contribution in [2.45, 2.75) is 0 Å². The fraction of sp³-hybridized carbons (Fsp3) is 0. The number of hydrogen-bond acceptors (Lipinski definition) is 2. The normalized spacial score (nSPS) is 11.5. The van der Waals surface area contributed by atoms with E-state index < -0.39 is 5.91 Å². The van der Waals surface area contributed by atoms with Gasteiger partial charge in [0.1, 0.15) is 0 Å². The van der Waals surface area contributed by atoms with E-state index in [0.717, 1.165) is 12.2 Å². The third-order valence-corrected chi connectivity index (χ3v) is 2.34. The van der Waals surface area contributed by atoms with Crippen molar-refractivity contribution in [1.82, 2.24) is 4.57 Å². The summed E-state index contributed by atoms with van der Waals surface area (Å²) in [5, 5.41) is 0.522. The van der Waals surface area contributed by atoms with Crippen LogP contribution in [0.4, 0.5) is 0 Å². The number of primary amides is 1. The lowest BCUT2D eigenvalue weighted by Gasteiger charge is -1.95. The molecule has 2 heterocycles. The lowest BCUT2D eigenvalue weighted by molar-refractivity contribution is -0.113. The molecule has 0 atom stereocenters. The zero-order valence-electron chi connectivity index (χ0n) is 7.61. The summed E-state index contributed by atoms with van der Waals surface area (Å²) in [5.74, 6) is -0.993. The van der Waals surface area contributed by atoms with Crippen LogP contribution in [0.5, 0.6) is 0 Å². The molecular weight excluding hydrogens is 216 g/mol. The van der Waals surface area contributed by atoms with Crippen molar-refractivity contribution in [1.29, 1.82) is 0 Å². The maximum atomic E-state index is 11.6.